The van der Waals surface area contributed by atoms with E-state index in [0.29, 0.717) is 28.4 Å². The summed E-state index contributed by atoms with van der Waals surface area (Å²) in [5.41, 5.74) is 10.2. The van der Waals surface area contributed by atoms with Gasteiger partial charge in [-0.25, -0.2) is 14.8 Å². The van der Waals surface area contributed by atoms with Crippen molar-refractivity contribution in [1.29, 1.82) is 0 Å². The van der Waals surface area contributed by atoms with Gasteiger partial charge in [0.25, 0.3) is 5.91 Å². The van der Waals surface area contributed by atoms with Gasteiger partial charge in [0.05, 0.1) is 33.3 Å². The molecular formula is C51H39N5O3. The number of amides is 1. The maximum absolute atomic E-state index is 14.1. The van der Waals surface area contributed by atoms with Crippen molar-refractivity contribution in [3.63, 3.8) is 0 Å². The van der Waals surface area contributed by atoms with Gasteiger partial charge in [0.2, 0.25) is 0 Å². The first kappa shape index (κ1) is 35.9. The number of carbonyl (C=O) groups excluding carboxylic acids is 1. The number of imidazole rings is 1. The topological polar surface area (TPSA) is 110 Å². The van der Waals surface area contributed by atoms with Gasteiger partial charge in [0.1, 0.15) is 5.82 Å². The lowest BCUT2D eigenvalue weighted by Crippen LogP contribution is -2.14. The Bertz CT molecular complexity index is 3060. The Hall–Kier alpha value is -7.45. The smallest absolute Gasteiger partial charge is 0.336 e. The number of fused-ring (bicyclic) bond motifs is 3. The second-order valence-electron chi connectivity index (χ2n) is 15.3. The summed E-state index contributed by atoms with van der Waals surface area (Å²) in [6.45, 7) is 0. The Labute approximate surface area is 340 Å². The lowest BCUT2D eigenvalue weighted by molar-refractivity contribution is 0.0697. The number of pyridine rings is 2. The minimum atomic E-state index is -1.09. The first-order valence-corrected chi connectivity index (χ1v) is 20.1. The van der Waals surface area contributed by atoms with Crippen LogP contribution in [0.5, 0.6) is 0 Å². The van der Waals surface area contributed by atoms with Crippen molar-refractivity contribution in [3.05, 3.63) is 169 Å². The number of aromatic nitrogens is 4. The van der Waals surface area contributed by atoms with E-state index >= 15 is 0 Å². The summed E-state index contributed by atoms with van der Waals surface area (Å²) in [5, 5.41) is 15.6. The largest absolute Gasteiger partial charge is 0.478 e. The Morgan fingerprint density at radius 2 is 1.34 bits per heavy atom. The van der Waals surface area contributed by atoms with Gasteiger partial charge in [-0.2, -0.15) is 0 Å². The number of nitrogens with one attached hydrogen (secondary N) is 1. The van der Waals surface area contributed by atoms with Crippen LogP contribution in [0.15, 0.2) is 158 Å². The summed E-state index contributed by atoms with van der Waals surface area (Å²) in [6, 6.07) is 49.3. The predicted octanol–water partition coefficient (Wildman–Crippen LogP) is 12.3. The molecule has 0 radical (unpaired) electrons. The fourth-order valence-electron chi connectivity index (χ4n) is 8.66. The Balaban J connectivity index is 1.03. The number of carboxylic acid groups (broad SMARTS) is 1. The van der Waals surface area contributed by atoms with E-state index in [1.54, 1.807) is 12.3 Å². The fourth-order valence-corrected chi connectivity index (χ4v) is 8.66. The average Bonchev–Trinajstić information content (AvgIpc) is 3.68. The van der Waals surface area contributed by atoms with Gasteiger partial charge in [-0.15, -0.1) is 0 Å². The van der Waals surface area contributed by atoms with E-state index in [-0.39, 0.29) is 11.5 Å². The highest BCUT2D eigenvalue weighted by Crippen LogP contribution is 2.40. The van der Waals surface area contributed by atoms with E-state index in [9.17, 15) is 14.7 Å². The van der Waals surface area contributed by atoms with Crippen molar-refractivity contribution < 1.29 is 14.7 Å². The highest BCUT2D eigenvalue weighted by atomic mass is 16.4. The molecule has 0 aliphatic heterocycles. The number of rotatable bonds is 8. The van der Waals surface area contributed by atoms with Crippen LogP contribution in [0.3, 0.4) is 0 Å². The molecule has 0 spiro atoms. The number of carbonyl (C=O) groups is 2. The zero-order chi connectivity index (χ0) is 39.9. The summed E-state index contributed by atoms with van der Waals surface area (Å²) in [5.74, 6) is -0.577. The number of anilines is 1. The Morgan fingerprint density at radius 1 is 0.610 bits per heavy atom. The summed E-state index contributed by atoms with van der Waals surface area (Å²) in [7, 11) is 0. The van der Waals surface area contributed by atoms with Crippen molar-refractivity contribution in [2.75, 3.05) is 5.32 Å². The first-order chi connectivity index (χ1) is 29.0. The zero-order valence-electron chi connectivity index (χ0n) is 32.2. The third-order valence-electron chi connectivity index (χ3n) is 11.5. The standard InChI is InChI=1S/C51H39N5O3/c57-50(53-39-30-41(32-11-4-1-5-12-32)48(42(31-39)51(58)59)36-19-22-43-34(27-36)15-10-26-52-43)38-21-25-47-46(29-38)55-49(56(47)40-16-8-3-9-17-40)37-20-24-45-35(28-37)18-23-44(54-45)33-13-6-2-7-14-33/h1-2,4-7,10-15,18-31,40H,3,8-9,16-17H2,(H,53,57)(H,58,59). The average molecular weight is 770 g/mol. The molecule has 0 bridgehead atoms. The molecule has 3 heterocycles. The van der Waals surface area contributed by atoms with Gasteiger partial charge in [0, 0.05) is 51.0 Å². The van der Waals surface area contributed by atoms with Crippen molar-refractivity contribution in [2.24, 2.45) is 0 Å². The van der Waals surface area contributed by atoms with Crippen LogP contribution in [0, 0.1) is 0 Å². The molecule has 1 fully saturated rings. The van der Waals surface area contributed by atoms with Gasteiger partial charge in [-0.3, -0.25) is 9.78 Å². The van der Waals surface area contributed by atoms with Gasteiger partial charge < -0.3 is 15.0 Å². The number of hydrogen-bond acceptors (Lipinski definition) is 5. The van der Waals surface area contributed by atoms with Crippen LogP contribution in [0.1, 0.15) is 58.9 Å². The molecule has 0 atom stereocenters. The number of aromatic carboxylic acids is 1. The number of hydrogen-bond donors (Lipinski definition) is 2. The molecule has 9 aromatic rings. The van der Waals surface area contributed by atoms with E-state index in [4.69, 9.17) is 9.97 Å². The van der Waals surface area contributed by atoms with Crippen molar-refractivity contribution in [3.8, 4) is 44.9 Å². The number of nitrogens with zero attached hydrogens (tertiary/aromatic N) is 4. The molecule has 10 rings (SSSR count). The molecule has 59 heavy (non-hydrogen) atoms. The minimum Gasteiger partial charge on any atom is -0.478 e. The second-order valence-corrected chi connectivity index (χ2v) is 15.3. The third kappa shape index (κ3) is 6.89. The normalized spacial score (nSPS) is 13.2. The SMILES string of the molecule is O=C(Nc1cc(C(=O)O)c(-c2ccc3ncccc3c2)c(-c2ccccc2)c1)c1ccc2c(c1)nc(-c1ccc3nc(-c4ccccc4)ccc3c1)n2C1CCCCC1. The second kappa shape index (κ2) is 15.1. The molecule has 3 aromatic heterocycles. The van der Waals surface area contributed by atoms with Crippen molar-refractivity contribution in [2.45, 2.75) is 38.1 Å². The van der Waals surface area contributed by atoms with E-state index in [1.807, 2.05) is 103 Å². The van der Waals surface area contributed by atoms with Crippen LogP contribution in [-0.4, -0.2) is 36.5 Å². The van der Waals surface area contributed by atoms with Crippen LogP contribution in [-0.2, 0) is 0 Å². The third-order valence-corrected chi connectivity index (χ3v) is 11.5. The van der Waals surface area contributed by atoms with E-state index in [2.05, 4.69) is 57.3 Å². The van der Waals surface area contributed by atoms with Crippen LogP contribution in [0.25, 0.3) is 77.7 Å². The summed E-state index contributed by atoms with van der Waals surface area (Å²) in [6.07, 6.45) is 7.42. The van der Waals surface area contributed by atoms with E-state index < -0.39 is 5.97 Å². The first-order valence-electron chi connectivity index (χ1n) is 20.1. The molecule has 1 amide bonds. The Morgan fingerprint density at radius 3 is 2.14 bits per heavy atom. The molecule has 8 heteroatoms. The molecule has 6 aromatic carbocycles. The molecule has 1 saturated carbocycles. The highest BCUT2D eigenvalue weighted by Gasteiger charge is 2.25. The van der Waals surface area contributed by atoms with Gasteiger partial charge in [-0.05, 0) is 102 Å². The van der Waals surface area contributed by atoms with Crippen molar-refractivity contribution in [1.82, 2.24) is 19.5 Å². The van der Waals surface area contributed by atoms with Gasteiger partial charge >= 0.3 is 5.97 Å². The van der Waals surface area contributed by atoms with Crippen LogP contribution in [0.4, 0.5) is 5.69 Å². The maximum atomic E-state index is 14.1. The zero-order valence-corrected chi connectivity index (χ0v) is 32.2. The predicted molar refractivity (Wildman–Crippen MR) is 236 cm³/mol. The molecule has 2 N–H and O–H groups in total. The van der Waals surface area contributed by atoms with E-state index in [0.717, 1.165) is 92.3 Å². The monoisotopic (exact) mass is 769 g/mol. The van der Waals surface area contributed by atoms with Crippen LogP contribution in [0.2, 0.25) is 0 Å². The molecule has 286 valence electrons. The van der Waals surface area contributed by atoms with Crippen LogP contribution >= 0.6 is 0 Å². The molecule has 1 aliphatic carbocycles. The van der Waals surface area contributed by atoms with Crippen LogP contribution < -0.4 is 5.32 Å². The summed E-state index contributed by atoms with van der Waals surface area (Å²) < 4.78 is 2.37. The molecule has 8 nitrogen and oxygen atoms in total. The highest BCUT2D eigenvalue weighted by molar-refractivity contribution is 6.09. The molecule has 1 aliphatic rings. The number of benzene rings is 6. The van der Waals surface area contributed by atoms with Crippen molar-refractivity contribution >= 4 is 50.4 Å². The Kier molecular flexibility index (Phi) is 9.22. The summed E-state index contributed by atoms with van der Waals surface area (Å²) >= 11 is 0. The molecular weight excluding hydrogens is 731 g/mol. The van der Waals surface area contributed by atoms with E-state index in [1.165, 1.54) is 6.42 Å². The molecule has 0 saturated heterocycles. The summed E-state index contributed by atoms with van der Waals surface area (Å²) in [4.78, 5) is 41.7. The quantitative estimate of drug-likeness (QED) is 0.159. The molecule has 0 unspecified atom stereocenters. The lowest BCUT2D eigenvalue weighted by atomic mass is 9.89. The van der Waals surface area contributed by atoms with Gasteiger partial charge in [-0.1, -0.05) is 98.1 Å². The maximum Gasteiger partial charge on any atom is 0.336 e. The van der Waals surface area contributed by atoms with Gasteiger partial charge in [0.15, 0.2) is 0 Å². The lowest BCUT2D eigenvalue weighted by Gasteiger charge is -2.25. The number of carboxylic acids is 1. The minimum absolute atomic E-state index is 0.0816. The fraction of sp³-hybridized carbons (Fsp3) is 0.118.